The summed E-state index contributed by atoms with van der Waals surface area (Å²) in [6.45, 7) is 3.73. The summed E-state index contributed by atoms with van der Waals surface area (Å²) < 4.78 is 0. The van der Waals surface area contributed by atoms with E-state index in [-0.39, 0.29) is 17.9 Å². The molecule has 2 heterocycles. The van der Waals surface area contributed by atoms with Gasteiger partial charge in [0.2, 0.25) is 5.91 Å². The van der Waals surface area contributed by atoms with Gasteiger partial charge in [0, 0.05) is 43.5 Å². The van der Waals surface area contributed by atoms with Gasteiger partial charge < -0.3 is 15.5 Å². The van der Waals surface area contributed by atoms with Crippen LogP contribution in [0, 0.1) is 12.8 Å². The van der Waals surface area contributed by atoms with E-state index in [1.165, 1.54) is 25.7 Å². The van der Waals surface area contributed by atoms with Crippen molar-refractivity contribution in [2.45, 2.75) is 70.9 Å². The Kier molecular flexibility index (Phi) is 7.07. The Morgan fingerprint density at radius 2 is 1.81 bits per heavy atom. The number of aromatic nitrogens is 1. The summed E-state index contributed by atoms with van der Waals surface area (Å²) in [5.74, 6) is 0.231. The van der Waals surface area contributed by atoms with Crippen molar-refractivity contribution < 1.29 is 9.59 Å². The minimum atomic E-state index is -0.0490. The van der Waals surface area contributed by atoms with Crippen molar-refractivity contribution in [3.63, 3.8) is 0 Å². The minimum Gasteiger partial charge on any atom is -0.353 e. The molecule has 148 valence electrons. The van der Waals surface area contributed by atoms with Crippen LogP contribution < -0.4 is 10.6 Å². The summed E-state index contributed by atoms with van der Waals surface area (Å²) in [4.78, 5) is 30.9. The lowest BCUT2D eigenvalue weighted by Gasteiger charge is -2.32. The molecule has 0 atom stereocenters. The third-order valence-corrected chi connectivity index (χ3v) is 5.76. The van der Waals surface area contributed by atoms with Crippen LogP contribution in [0.15, 0.2) is 18.3 Å². The molecule has 0 spiro atoms. The van der Waals surface area contributed by atoms with Crippen molar-refractivity contribution in [2.24, 2.45) is 5.92 Å². The molecule has 0 unspecified atom stereocenters. The molecule has 1 saturated heterocycles. The number of hydrogen-bond donors (Lipinski definition) is 2. The smallest absolute Gasteiger partial charge is 0.317 e. The molecule has 3 rings (SSSR count). The quantitative estimate of drug-likeness (QED) is 0.798. The molecular weight excluding hydrogens is 340 g/mol. The fourth-order valence-electron chi connectivity index (χ4n) is 4.09. The summed E-state index contributed by atoms with van der Waals surface area (Å²) in [6, 6.07) is 4.19. The lowest BCUT2D eigenvalue weighted by molar-refractivity contribution is -0.127. The predicted octanol–water partition coefficient (Wildman–Crippen LogP) is 3.15. The number of amides is 3. The van der Waals surface area contributed by atoms with Gasteiger partial charge in [-0.25, -0.2) is 4.79 Å². The highest BCUT2D eigenvalue weighted by molar-refractivity contribution is 5.80. The SMILES string of the molecule is Cc1cc(CNC(=O)N2CCC(C(=O)NC3CCCCCC3)CC2)ccn1. The first-order valence-corrected chi connectivity index (χ1v) is 10.4. The fourth-order valence-corrected chi connectivity index (χ4v) is 4.09. The van der Waals surface area contributed by atoms with Crippen LogP contribution in [0.2, 0.25) is 0 Å². The Hall–Kier alpha value is -2.11. The number of carbonyl (C=O) groups excluding carboxylic acids is 2. The number of urea groups is 1. The second kappa shape index (κ2) is 9.72. The number of pyridine rings is 1. The number of nitrogens with one attached hydrogen (secondary N) is 2. The van der Waals surface area contributed by atoms with Crippen LogP contribution in [0.3, 0.4) is 0 Å². The molecule has 27 heavy (non-hydrogen) atoms. The molecule has 2 aliphatic rings. The summed E-state index contributed by atoms with van der Waals surface area (Å²) in [5.41, 5.74) is 2.00. The third-order valence-electron chi connectivity index (χ3n) is 5.76. The first-order chi connectivity index (χ1) is 13.1. The Balaban J connectivity index is 1.39. The molecule has 0 aromatic carbocycles. The van der Waals surface area contributed by atoms with Gasteiger partial charge in [0.1, 0.15) is 0 Å². The second-order valence-corrected chi connectivity index (χ2v) is 7.92. The van der Waals surface area contributed by atoms with E-state index in [1.54, 1.807) is 6.20 Å². The van der Waals surface area contributed by atoms with Gasteiger partial charge in [-0.1, -0.05) is 25.7 Å². The molecule has 1 aliphatic heterocycles. The number of hydrogen-bond acceptors (Lipinski definition) is 3. The van der Waals surface area contributed by atoms with E-state index in [9.17, 15) is 9.59 Å². The van der Waals surface area contributed by atoms with Crippen molar-refractivity contribution in [2.75, 3.05) is 13.1 Å². The highest BCUT2D eigenvalue weighted by atomic mass is 16.2. The minimum absolute atomic E-state index is 0.0418. The summed E-state index contributed by atoms with van der Waals surface area (Å²) in [6.07, 6.45) is 10.5. The van der Waals surface area contributed by atoms with Gasteiger partial charge in [-0.2, -0.15) is 0 Å². The average Bonchev–Trinajstić information content (AvgIpc) is 2.95. The number of likely N-dealkylation sites (tertiary alicyclic amines) is 1. The highest BCUT2D eigenvalue weighted by Gasteiger charge is 2.28. The number of piperidine rings is 1. The van der Waals surface area contributed by atoms with Gasteiger partial charge in [0.05, 0.1) is 0 Å². The molecule has 2 N–H and O–H groups in total. The lowest BCUT2D eigenvalue weighted by Crippen LogP contribution is -2.47. The molecular formula is C21H32N4O2. The van der Waals surface area contributed by atoms with E-state index in [2.05, 4.69) is 15.6 Å². The number of aryl methyl sites for hydroxylation is 1. The predicted molar refractivity (Wildman–Crippen MR) is 105 cm³/mol. The van der Waals surface area contributed by atoms with E-state index in [0.717, 1.165) is 36.9 Å². The number of nitrogens with zero attached hydrogens (tertiary/aromatic N) is 2. The molecule has 0 radical (unpaired) electrons. The van der Waals surface area contributed by atoms with E-state index in [0.29, 0.717) is 25.7 Å². The first-order valence-electron chi connectivity index (χ1n) is 10.4. The molecule has 2 fully saturated rings. The number of rotatable bonds is 4. The van der Waals surface area contributed by atoms with Gasteiger partial charge >= 0.3 is 6.03 Å². The van der Waals surface area contributed by atoms with Gasteiger partial charge in [-0.15, -0.1) is 0 Å². The van der Waals surface area contributed by atoms with Crippen molar-refractivity contribution in [3.05, 3.63) is 29.6 Å². The van der Waals surface area contributed by atoms with Crippen LogP contribution in [0.1, 0.15) is 62.6 Å². The van der Waals surface area contributed by atoms with Crippen molar-refractivity contribution in [1.82, 2.24) is 20.5 Å². The van der Waals surface area contributed by atoms with Gasteiger partial charge in [0.15, 0.2) is 0 Å². The first kappa shape index (κ1) is 19.6. The Bertz CT molecular complexity index is 633. The van der Waals surface area contributed by atoms with Gasteiger partial charge in [-0.3, -0.25) is 9.78 Å². The second-order valence-electron chi connectivity index (χ2n) is 7.92. The van der Waals surface area contributed by atoms with Crippen molar-refractivity contribution >= 4 is 11.9 Å². The summed E-state index contributed by atoms with van der Waals surface area (Å²) >= 11 is 0. The van der Waals surface area contributed by atoms with Crippen LogP contribution in [-0.4, -0.2) is 41.0 Å². The maximum absolute atomic E-state index is 12.6. The van der Waals surface area contributed by atoms with Crippen LogP contribution >= 0.6 is 0 Å². The molecule has 1 aliphatic carbocycles. The van der Waals surface area contributed by atoms with Crippen LogP contribution in [0.4, 0.5) is 4.79 Å². The maximum atomic E-state index is 12.6. The molecule has 0 bridgehead atoms. The van der Waals surface area contributed by atoms with Crippen LogP contribution in [-0.2, 0) is 11.3 Å². The fraction of sp³-hybridized carbons (Fsp3) is 0.667. The topological polar surface area (TPSA) is 74.3 Å². The summed E-state index contributed by atoms with van der Waals surface area (Å²) in [7, 11) is 0. The molecule has 3 amide bonds. The molecule has 1 saturated carbocycles. The van der Waals surface area contributed by atoms with Crippen LogP contribution in [0.5, 0.6) is 0 Å². The monoisotopic (exact) mass is 372 g/mol. The van der Waals surface area contributed by atoms with E-state index < -0.39 is 0 Å². The molecule has 1 aromatic heterocycles. The van der Waals surface area contributed by atoms with E-state index >= 15 is 0 Å². The Morgan fingerprint density at radius 3 is 2.48 bits per heavy atom. The van der Waals surface area contributed by atoms with Crippen molar-refractivity contribution in [3.8, 4) is 0 Å². The number of carbonyl (C=O) groups is 2. The molecule has 1 aromatic rings. The van der Waals surface area contributed by atoms with Gasteiger partial charge in [-0.05, 0) is 50.3 Å². The molecule has 6 nitrogen and oxygen atoms in total. The zero-order chi connectivity index (χ0) is 19.1. The normalized spacial score (nSPS) is 19.4. The Labute approximate surface area is 162 Å². The zero-order valence-corrected chi connectivity index (χ0v) is 16.4. The summed E-state index contributed by atoms with van der Waals surface area (Å²) in [5, 5.41) is 6.23. The van der Waals surface area contributed by atoms with Gasteiger partial charge in [0.25, 0.3) is 0 Å². The maximum Gasteiger partial charge on any atom is 0.317 e. The average molecular weight is 373 g/mol. The largest absolute Gasteiger partial charge is 0.353 e. The standard InChI is InChI=1S/C21H32N4O2/c1-16-14-17(8-11-22-16)15-23-21(27)25-12-9-18(10-13-25)20(26)24-19-6-4-2-3-5-7-19/h8,11,14,18-19H,2-7,9-10,12-13,15H2,1H3,(H,23,27)(H,24,26). The highest BCUT2D eigenvalue weighted by Crippen LogP contribution is 2.21. The van der Waals surface area contributed by atoms with Crippen LogP contribution in [0.25, 0.3) is 0 Å². The third kappa shape index (κ3) is 5.94. The van der Waals surface area contributed by atoms with Crippen molar-refractivity contribution in [1.29, 1.82) is 0 Å². The zero-order valence-electron chi connectivity index (χ0n) is 16.4. The van der Waals surface area contributed by atoms with E-state index in [1.807, 2.05) is 24.0 Å². The lowest BCUT2D eigenvalue weighted by atomic mass is 9.95. The van der Waals surface area contributed by atoms with E-state index in [4.69, 9.17) is 0 Å². The Morgan fingerprint density at radius 1 is 1.11 bits per heavy atom. The molecule has 6 heteroatoms.